The number of hydrogen-bond donors (Lipinski definition) is 1. The van der Waals surface area contributed by atoms with Crippen LogP contribution in [0.3, 0.4) is 0 Å². The molecule has 0 radical (unpaired) electrons. The minimum absolute atomic E-state index is 0.475. The van der Waals surface area contributed by atoms with Crippen LogP contribution in [0.5, 0.6) is 0 Å². The summed E-state index contributed by atoms with van der Waals surface area (Å²) in [4.78, 5) is 11.2. The Labute approximate surface area is 110 Å². The zero-order valence-electron chi connectivity index (χ0n) is 10.3. The Morgan fingerprint density at radius 2 is 2.12 bits per heavy atom. The van der Waals surface area contributed by atoms with Crippen molar-refractivity contribution in [1.29, 1.82) is 0 Å². The van der Waals surface area contributed by atoms with Gasteiger partial charge in [-0.15, -0.1) is 0 Å². The van der Waals surface area contributed by atoms with Crippen molar-refractivity contribution in [2.24, 2.45) is 5.41 Å². The molecule has 0 fully saturated rings. The van der Waals surface area contributed by atoms with Gasteiger partial charge in [-0.1, -0.05) is 28.1 Å². The fourth-order valence-electron chi connectivity index (χ4n) is 1.61. The van der Waals surface area contributed by atoms with Crippen LogP contribution in [0.15, 0.2) is 22.7 Å². The molecule has 0 saturated carbocycles. The van der Waals surface area contributed by atoms with E-state index >= 15 is 0 Å². The summed E-state index contributed by atoms with van der Waals surface area (Å²) in [5.74, 6) is -0.795. The van der Waals surface area contributed by atoms with Crippen LogP contribution >= 0.6 is 15.9 Å². The lowest BCUT2D eigenvalue weighted by Crippen LogP contribution is -2.27. The van der Waals surface area contributed by atoms with E-state index in [9.17, 15) is 4.79 Å². The molecule has 17 heavy (non-hydrogen) atoms. The van der Waals surface area contributed by atoms with Crippen molar-refractivity contribution in [3.63, 3.8) is 0 Å². The molecule has 94 valence electrons. The molecule has 0 unspecified atom stereocenters. The highest BCUT2D eigenvalue weighted by Gasteiger charge is 2.29. The average molecular weight is 301 g/mol. The molecule has 3 nitrogen and oxygen atoms in total. The number of methoxy groups -OCH3 is 1. The van der Waals surface area contributed by atoms with Gasteiger partial charge in [0.15, 0.2) is 0 Å². The molecule has 0 atom stereocenters. The maximum absolute atomic E-state index is 11.2. The van der Waals surface area contributed by atoms with Gasteiger partial charge in [-0.25, -0.2) is 0 Å². The van der Waals surface area contributed by atoms with E-state index in [1.54, 1.807) is 21.0 Å². The lowest BCUT2D eigenvalue weighted by molar-refractivity contribution is -0.146. The minimum Gasteiger partial charge on any atom is -0.481 e. The van der Waals surface area contributed by atoms with E-state index in [0.717, 1.165) is 15.6 Å². The number of aliphatic carboxylic acids is 1. The van der Waals surface area contributed by atoms with Crippen molar-refractivity contribution < 1.29 is 14.6 Å². The van der Waals surface area contributed by atoms with Crippen molar-refractivity contribution in [3.8, 4) is 0 Å². The standard InChI is InChI=1S/C13H17BrO3/c1-13(2,12(15)16)7-10-9(8-17-3)5-4-6-11(10)14/h4-6H,7-8H2,1-3H3,(H,15,16). The number of hydrogen-bond acceptors (Lipinski definition) is 2. The van der Waals surface area contributed by atoms with Crippen LogP contribution in [0.2, 0.25) is 0 Å². The minimum atomic E-state index is -0.795. The fraction of sp³-hybridized carbons (Fsp3) is 0.462. The molecule has 0 aliphatic carbocycles. The van der Waals surface area contributed by atoms with Crippen LogP contribution in [-0.4, -0.2) is 18.2 Å². The molecule has 1 aromatic carbocycles. The van der Waals surface area contributed by atoms with Gasteiger partial charge in [0.25, 0.3) is 0 Å². The molecule has 1 N–H and O–H groups in total. The van der Waals surface area contributed by atoms with Crippen molar-refractivity contribution in [2.45, 2.75) is 26.9 Å². The number of benzene rings is 1. The summed E-state index contributed by atoms with van der Waals surface area (Å²) in [5.41, 5.74) is 1.24. The third-order valence-corrected chi connectivity index (χ3v) is 3.46. The number of halogens is 1. The zero-order valence-corrected chi connectivity index (χ0v) is 11.9. The number of rotatable bonds is 5. The topological polar surface area (TPSA) is 46.5 Å². The van der Waals surface area contributed by atoms with E-state index in [2.05, 4.69) is 15.9 Å². The summed E-state index contributed by atoms with van der Waals surface area (Å²) in [5, 5.41) is 9.17. The quantitative estimate of drug-likeness (QED) is 0.908. The van der Waals surface area contributed by atoms with Gasteiger partial charge in [-0.3, -0.25) is 4.79 Å². The SMILES string of the molecule is COCc1cccc(Br)c1CC(C)(C)C(=O)O. The van der Waals surface area contributed by atoms with Crippen molar-refractivity contribution in [1.82, 2.24) is 0 Å². The lowest BCUT2D eigenvalue weighted by atomic mass is 9.84. The van der Waals surface area contributed by atoms with E-state index in [1.807, 2.05) is 18.2 Å². The van der Waals surface area contributed by atoms with Crippen molar-refractivity contribution in [2.75, 3.05) is 7.11 Å². The Hall–Kier alpha value is -0.870. The molecule has 0 aromatic heterocycles. The summed E-state index contributed by atoms with van der Waals surface area (Å²) in [6.07, 6.45) is 0.475. The van der Waals surface area contributed by atoms with Gasteiger partial charge < -0.3 is 9.84 Å². The van der Waals surface area contributed by atoms with Crippen LogP contribution in [0.4, 0.5) is 0 Å². The molecule has 0 amide bonds. The first-order chi connectivity index (χ1) is 7.88. The second-order valence-corrected chi connectivity index (χ2v) is 5.53. The fourth-order valence-corrected chi connectivity index (χ4v) is 2.16. The second kappa shape index (κ2) is 5.65. The molecule has 0 bridgehead atoms. The molecular formula is C13H17BrO3. The van der Waals surface area contributed by atoms with Gasteiger partial charge in [0.1, 0.15) is 0 Å². The van der Waals surface area contributed by atoms with E-state index in [-0.39, 0.29) is 0 Å². The Balaban J connectivity index is 3.08. The molecule has 0 aliphatic heterocycles. The van der Waals surface area contributed by atoms with Gasteiger partial charge in [0, 0.05) is 11.6 Å². The zero-order chi connectivity index (χ0) is 13.1. The maximum Gasteiger partial charge on any atom is 0.309 e. The number of ether oxygens (including phenoxy) is 1. The number of carboxylic acids is 1. The van der Waals surface area contributed by atoms with Crippen LogP contribution in [0.25, 0.3) is 0 Å². The van der Waals surface area contributed by atoms with Gasteiger partial charge in [-0.2, -0.15) is 0 Å². The Morgan fingerprint density at radius 1 is 1.47 bits per heavy atom. The van der Waals surface area contributed by atoms with E-state index < -0.39 is 11.4 Å². The number of carbonyl (C=O) groups is 1. The summed E-state index contributed by atoms with van der Waals surface area (Å²) in [6, 6.07) is 5.81. The third-order valence-electron chi connectivity index (χ3n) is 2.71. The van der Waals surface area contributed by atoms with E-state index in [1.165, 1.54) is 0 Å². The summed E-state index contributed by atoms with van der Waals surface area (Å²) >= 11 is 3.47. The predicted molar refractivity (Wildman–Crippen MR) is 70.0 cm³/mol. The predicted octanol–water partition coefficient (Wildman–Crippen LogP) is 3.25. The van der Waals surface area contributed by atoms with Crippen LogP contribution in [-0.2, 0) is 22.6 Å². The van der Waals surface area contributed by atoms with Crippen LogP contribution < -0.4 is 0 Å². The maximum atomic E-state index is 11.2. The third kappa shape index (κ3) is 3.54. The van der Waals surface area contributed by atoms with E-state index in [4.69, 9.17) is 9.84 Å². The molecule has 0 heterocycles. The van der Waals surface area contributed by atoms with Crippen LogP contribution in [0.1, 0.15) is 25.0 Å². The lowest BCUT2D eigenvalue weighted by Gasteiger charge is -2.21. The Morgan fingerprint density at radius 3 is 2.65 bits per heavy atom. The molecule has 4 heteroatoms. The molecule has 0 spiro atoms. The summed E-state index contributed by atoms with van der Waals surface area (Å²) in [7, 11) is 1.63. The van der Waals surface area contributed by atoms with Crippen molar-refractivity contribution >= 4 is 21.9 Å². The molecule has 1 rings (SSSR count). The average Bonchev–Trinajstić information content (AvgIpc) is 2.23. The Kier molecular flexibility index (Phi) is 4.71. The molecule has 0 saturated heterocycles. The van der Waals surface area contributed by atoms with Gasteiger partial charge in [0.05, 0.1) is 12.0 Å². The normalized spacial score (nSPS) is 11.5. The second-order valence-electron chi connectivity index (χ2n) is 4.68. The van der Waals surface area contributed by atoms with Gasteiger partial charge in [0.2, 0.25) is 0 Å². The number of carboxylic acid groups (broad SMARTS) is 1. The monoisotopic (exact) mass is 300 g/mol. The summed E-state index contributed by atoms with van der Waals surface area (Å²) < 4.78 is 6.06. The smallest absolute Gasteiger partial charge is 0.309 e. The highest BCUT2D eigenvalue weighted by molar-refractivity contribution is 9.10. The highest BCUT2D eigenvalue weighted by Crippen LogP contribution is 2.29. The first kappa shape index (κ1) is 14.2. The Bertz CT molecular complexity index is 413. The van der Waals surface area contributed by atoms with E-state index in [0.29, 0.717) is 13.0 Å². The summed E-state index contributed by atoms with van der Waals surface area (Å²) in [6.45, 7) is 3.95. The molecular weight excluding hydrogens is 284 g/mol. The first-order valence-corrected chi connectivity index (χ1v) is 6.16. The van der Waals surface area contributed by atoms with Crippen LogP contribution in [0, 0.1) is 5.41 Å². The molecule has 0 aliphatic rings. The largest absolute Gasteiger partial charge is 0.481 e. The van der Waals surface area contributed by atoms with Gasteiger partial charge in [-0.05, 0) is 37.5 Å². The van der Waals surface area contributed by atoms with Gasteiger partial charge >= 0.3 is 5.97 Å². The molecule has 1 aromatic rings. The van der Waals surface area contributed by atoms with Crippen molar-refractivity contribution in [3.05, 3.63) is 33.8 Å². The first-order valence-electron chi connectivity index (χ1n) is 5.37. The highest BCUT2D eigenvalue weighted by atomic mass is 79.9.